The maximum Gasteiger partial charge on any atom is 0.0618 e. The molecule has 0 heterocycles. The molecule has 6 aromatic rings. The minimum atomic E-state index is 1.10. The van der Waals surface area contributed by atoms with Gasteiger partial charge in [-0.2, -0.15) is 0 Å². The van der Waals surface area contributed by atoms with Gasteiger partial charge in [-0.1, -0.05) is 123 Å². The van der Waals surface area contributed by atoms with Crippen LogP contribution in [0.4, 0.5) is 17.1 Å². The number of rotatable bonds is 6. The van der Waals surface area contributed by atoms with Crippen molar-refractivity contribution in [3.8, 4) is 33.4 Å². The van der Waals surface area contributed by atoms with Gasteiger partial charge in [0, 0.05) is 31.4 Å². The van der Waals surface area contributed by atoms with E-state index >= 15 is 0 Å². The summed E-state index contributed by atoms with van der Waals surface area (Å²) in [5, 5.41) is 0. The number of nitrogens with zero attached hydrogens (tertiary/aromatic N) is 1. The van der Waals surface area contributed by atoms with Crippen molar-refractivity contribution in [1.29, 1.82) is 0 Å². The number of hydrogen-bond donors (Lipinski definition) is 0. The highest BCUT2D eigenvalue weighted by molar-refractivity contribution is 9.10. The van der Waals surface area contributed by atoms with Gasteiger partial charge in [0.1, 0.15) is 0 Å². The van der Waals surface area contributed by atoms with E-state index in [1.807, 2.05) is 0 Å². The van der Waals surface area contributed by atoms with E-state index in [0.717, 1.165) is 26.0 Å². The van der Waals surface area contributed by atoms with Crippen LogP contribution < -0.4 is 4.90 Å². The molecule has 0 saturated carbocycles. The van der Waals surface area contributed by atoms with E-state index in [1.54, 1.807) is 0 Å². The van der Waals surface area contributed by atoms with Crippen LogP contribution in [0, 0.1) is 13.8 Å². The molecule has 1 nitrogen and oxygen atoms in total. The summed E-state index contributed by atoms with van der Waals surface area (Å²) in [6.07, 6.45) is 0. The van der Waals surface area contributed by atoms with Crippen molar-refractivity contribution in [3.63, 3.8) is 0 Å². The number of anilines is 3. The Bertz CT molecular complexity index is 1700. The van der Waals surface area contributed by atoms with Crippen molar-refractivity contribution in [3.05, 3.63) is 160 Å². The van der Waals surface area contributed by atoms with Gasteiger partial charge >= 0.3 is 0 Å². The lowest BCUT2D eigenvalue weighted by Crippen LogP contribution is -2.13. The van der Waals surface area contributed by atoms with Crippen LogP contribution in [0.1, 0.15) is 11.1 Å². The normalized spacial score (nSPS) is 10.9. The van der Waals surface area contributed by atoms with Crippen LogP contribution in [0.25, 0.3) is 33.4 Å². The average molecular weight is 659 g/mol. The maximum absolute atomic E-state index is 3.73. The van der Waals surface area contributed by atoms with Crippen molar-refractivity contribution in [2.24, 2.45) is 0 Å². The summed E-state index contributed by atoms with van der Waals surface area (Å²) in [5.74, 6) is 0. The van der Waals surface area contributed by atoms with Gasteiger partial charge in [-0.25, -0.2) is 0 Å². The molecule has 0 radical (unpaired) electrons. The van der Waals surface area contributed by atoms with Crippen molar-refractivity contribution in [2.45, 2.75) is 13.8 Å². The molecule has 0 bridgehead atoms. The summed E-state index contributed by atoms with van der Waals surface area (Å²) >= 11 is 7.45. The second-order valence-corrected chi connectivity index (χ2v) is 11.9. The van der Waals surface area contributed by atoms with Crippen LogP contribution in [-0.2, 0) is 0 Å². The van der Waals surface area contributed by atoms with Crippen LogP contribution in [0.15, 0.2) is 148 Å². The smallest absolute Gasteiger partial charge is 0.0618 e. The molecule has 0 aromatic heterocycles. The summed E-state index contributed by atoms with van der Waals surface area (Å²) in [5.41, 5.74) is 12.8. The van der Waals surface area contributed by atoms with E-state index in [-0.39, 0.29) is 0 Å². The number of aryl methyl sites for hydroxylation is 2. The van der Waals surface area contributed by atoms with Crippen molar-refractivity contribution in [1.82, 2.24) is 0 Å². The van der Waals surface area contributed by atoms with E-state index in [1.165, 1.54) is 44.5 Å². The first-order valence-corrected chi connectivity index (χ1v) is 15.2. The molecule has 0 spiro atoms. The van der Waals surface area contributed by atoms with E-state index in [0.29, 0.717) is 0 Å². The fourth-order valence-corrected chi connectivity index (χ4v) is 5.78. The van der Waals surface area contributed by atoms with Crippen LogP contribution in [-0.4, -0.2) is 0 Å². The third kappa shape index (κ3) is 5.66. The van der Waals surface area contributed by atoms with Gasteiger partial charge in [0.25, 0.3) is 0 Å². The highest BCUT2D eigenvalue weighted by Gasteiger charge is 2.24. The van der Waals surface area contributed by atoms with E-state index in [4.69, 9.17) is 0 Å². The molecule has 0 aliphatic heterocycles. The van der Waals surface area contributed by atoms with Crippen LogP contribution in [0.3, 0.4) is 0 Å². The predicted molar refractivity (Wildman–Crippen MR) is 182 cm³/mol. The maximum atomic E-state index is 3.73. The Labute approximate surface area is 259 Å². The van der Waals surface area contributed by atoms with Crippen LogP contribution >= 0.6 is 31.9 Å². The SMILES string of the molecule is Cc1cc(N(c2ccc(Br)c(C)c2)c2c(-c3ccccc3)cc(-c3ccccc3)cc2-c2ccccc2)ccc1Br. The molecule has 6 rings (SSSR count). The van der Waals surface area contributed by atoms with Crippen molar-refractivity contribution in [2.75, 3.05) is 4.90 Å². The van der Waals surface area contributed by atoms with Gasteiger partial charge in [-0.15, -0.1) is 0 Å². The summed E-state index contributed by atoms with van der Waals surface area (Å²) in [7, 11) is 0. The predicted octanol–water partition coefficient (Wildman–Crippen LogP) is 12.3. The van der Waals surface area contributed by atoms with E-state index < -0.39 is 0 Å². The highest BCUT2D eigenvalue weighted by Crippen LogP contribution is 2.49. The standard InChI is InChI=1S/C38H29Br2N/c1-26-22-32(18-20-36(26)39)41(33-19-21-37(40)27(2)23-33)38-34(29-14-8-4-9-15-29)24-31(28-12-6-3-7-13-28)25-35(38)30-16-10-5-11-17-30/h3-25H,1-2H3. The second kappa shape index (κ2) is 11.9. The highest BCUT2D eigenvalue weighted by atomic mass is 79.9. The Morgan fingerprint density at radius 2 is 0.805 bits per heavy atom. The average Bonchev–Trinajstić information content (AvgIpc) is 3.02. The zero-order valence-corrected chi connectivity index (χ0v) is 26.2. The minimum Gasteiger partial charge on any atom is -0.309 e. The first-order valence-electron chi connectivity index (χ1n) is 13.7. The van der Waals surface area contributed by atoms with Crippen LogP contribution in [0.5, 0.6) is 0 Å². The Hall–Kier alpha value is -3.92. The summed E-state index contributed by atoms with van der Waals surface area (Å²) in [4.78, 5) is 2.42. The van der Waals surface area contributed by atoms with Gasteiger partial charge in [0.05, 0.1) is 5.69 Å². The molecule has 6 aromatic carbocycles. The van der Waals surface area contributed by atoms with Gasteiger partial charge in [0.15, 0.2) is 0 Å². The molecule has 0 fully saturated rings. The first kappa shape index (κ1) is 27.3. The van der Waals surface area contributed by atoms with Crippen molar-refractivity contribution < 1.29 is 0 Å². The molecule has 0 amide bonds. The molecule has 0 saturated heterocycles. The molecular formula is C38H29Br2N. The van der Waals surface area contributed by atoms with Gasteiger partial charge < -0.3 is 4.90 Å². The number of hydrogen-bond acceptors (Lipinski definition) is 1. The number of benzene rings is 6. The Balaban J connectivity index is 1.75. The van der Waals surface area contributed by atoms with Gasteiger partial charge in [-0.3, -0.25) is 0 Å². The summed E-state index contributed by atoms with van der Waals surface area (Å²) in [6, 6.07) is 50.0. The molecule has 0 aliphatic rings. The van der Waals surface area contributed by atoms with E-state index in [2.05, 4.69) is 190 Å². The lowest BCUT2D eigenvalue weighted by molar-refractivity contribution is 1.25. The largest absolute Gasteiger partial charge is 0.309 e. The zero-order chi connectivity index (χ0) is 28.3. The number of halogens is 2. The fraction of sp³-hybridized carbons (Fsp3) is 0.0526. The molecular weight excluding hydrogens is 630 g/mol. The summed E-state index contributed by atoms with van der Waals surface area (Å²) in [6.45, 7) is 4.29. The quantitative estimate of drug-likeness (QED) is 0.172. The monoisotopic (exact) mass is 657 g/mol. The Kier molecular flexibility index (Phi) is 7.91. The molecule has 41 heavy (non-hydrogen) atoms. The third-order valence-corrected chi connectivity index (χ3v) is 9.19. The van der Waals surface area contributed by atoms with Gasteiger partial charge in [-0.05, 0) is 95.8 Å². The molecule has 0 atom stereocenters. The lowest BCUT2D eigenvalue weighted by atomic mass is 9.89. The molecule has 0 unspecified atom stereocenters. The third-order valence-electron chi connectivity index (χ3n) is 7.41. The van der Waals surface area contributed by atoms with E-state index in [9.17, 15) is 0 Å². The Morgan fingerprint density at radius 3 is 1.20 bits per heavy atom. The summed E-state index contributed by atoms with van der Waals surface area (Å²) < 4.78 is 2.19. The first-order chi connectivity index (χ1) is 20.0. The molecule has 3 heteroatoms. The minimum absolute atomic E-state index is 1.10. The molecule has 0 aliphatic carbocycles. The van der Waals surface area contributed by atoms with Gasteiger partial charge in [0.2, 0.25) is 0 Å². The second-order valence-electron chi connectivity index (χ2n) is 10.2. The topological polar surface area (TPSA) is 3.24 Å². The lowest BCUT2D eigenvalue weighted by Gasteiger charge is -2.32. The zero-order valence-electron chi connectivity index (χ0n) is 23.0. The fourth-order valence-electron chi connectivity index (χ4n) is 5.29. The van der Waals surface area contributed by atoms with Crippen molar-refractivity contribution >= 4 is 48.9 Å². The Morgan fingerprint density at radius 1 is 0.415 bits per heavy atom. The van der Waals surface area contributed by atoms with Crippen LogP contribution in [0.2, 0.25) is 0 Å². The molecule has 0 N–H and O–H groups in total. The molecule has 200 valence electrons.